The molecule has 0 saturated carbocycles. The summed E-state index contributed by atoms with van der Waals surface area (Å²) in [6.45, 7) is 4.43. The Morgan fingerprint density at radius 1 is 1.33 bits per heavy atom. The lowest BCUT2D eigenvalue weighted by molar-refractivity contribution is -0.679. The Bertz CT molecular complexity index is 742. The van der Waals surface area contributed by atoms with E-state index in [2.05, 4.69) is 0 Å². The Balaban J connectivity index is 0.00000288. The summed E-state index contributed by atoms with van der Waals surface area (Å²) < 4.78 is 13.7. The quantitative estimate of drug-likeness (QED) is 0.303. The van der Waals surface area contributed by atoms with E-state index in [-0.39, 0.29) is 43.2 Å². The predicted octanol–water partition coefficient (Wildman–Crippen LogP) is -2.42. The second kappa shape index (κ2) is 8.97. The molecule has 2 aromatic rings. The number of nitrogens with zero attached hydrogens (tertiary/aromatic N) is 2. The van der Waals surface area contributed by atoms with E-state index in [4.69, 9.17) is 9.47 Å². The number of carbonyl (C=O) groups is 2. The van der Waals surface area contributed by atoms with Gasteiger partial charge in [0.2, 0.25) is 0 Å². The van der Waals surface area contributed by atoms with Gasteiger partial charge in [-0.1, -0.05) is 0 Å². The van der Waals surface area contributed by atoms with Gasteiger partial charge in [-0.05, 0) is 12.1 Å². The van der Waals surface area contributed by atoms with Crippen LogP contribution in [0.3, 0.4) is 0 Å². The number of esters is 2. The van der Waals surface area contributed by atoms with E-state index in [1.54, 1.807) is 12.1 Å². The summed E-state index contributed by atoms with van der Waals surface area (Å²) >= 11 is 0. The zero-order chi connectivity index (χ0) is 17.0. The summed E-state index contributed by atoms with van der Waals surface area (Å²) in [7, 11) is 1.34. The molecular weight excluding hydrogens is 427 g/mol. The average molecular weight is 448 g/mol. The molecule has 0 atom stereocenters. The van der Waals surface area contributed by atoms with Crippen molar-refractivity contribution in [3.8, 4) is 0 Å². The van der Waals surface area contributed by atoms with Gasteiger partial charge in [0.15, 0.2) is 11.0 Å². The maximum absolute atomic E-state index is 11.7. The van der Waals surface area contributed by atoms with Gasteiger partial charge >= 0.3 is 11.9 Å². The minimum Gasteiger partial charge on any atom is -1.00 e. The molecular formula is C16H21IN2O5. The predicted molar refractivity (Wildman–Crippen MR) is 81.9 cm³/mol. The Labute approximate surface area is 157 Å². The number of aliphatic hydroxyl groups is 1. The first-order chi connectivity index (χ1) is 11.0. The van der Waals surface area contributed by atoms with Crippen LogP contribution in [0, 0.1) is 6.92 Å². The smallest absolute Gasteiger partial charge is 0.338 e. The molecule has 1 N–H and O–H groups in total. The molecule has 0 aliphatic heterocycles. The minimum atomic E-state index is -0.411. The zero-order valence-corrected chi connectivity index (χ0v) is 16.1. The van der Waals surface area contributed by atoms with Gasteiger partial charge in [-0.3, -0.25) is 4.79 Å². The van der Waals surface area contributed by atoms with Crippen LogP contribution >= 0.6 is 0 Å². The monoisotopic (exact) mass is 448 g/mol. The maximum atomic E-state index is 11.7. The van der Waals surface area contributed by atoms with E-state index < -0.39 is 5.97 Å². The van der Waals surface area contributed by atoms with Gasteiger partial charge in [-0.25, -0.2) is 13.9 Å². The Hall–Kier alpha value is -1.68. The van der Waals surface area contributed by atoms with Crippen LogP contribution in [-0.2, 0) is 27.4 Å². The fourth-order valence-electron chi connectivity index (χ4n) is 2.65. The van der Waals surface area contributed by atoms with Crippen molar-refractivity contribution >= 4 is 23.0 Å². The fourth-order valence-corrected chi connectivity index (χ4v) is 2.65. The molecule has 0 radical (unpaired) electrons. The van der Waals surface area contributed by atoms with Crippen LogP contribution in [0.2, 0.25) is 0 Å². The first-order valence-corrected chi connectivity index (χ1v) is 7.34. The van der Waals surface area contributed by atoms with Crippen molar-refractivity contribution in [2.24, 2.45) is 0 Å². The van der Waals surface area contributed by atoms with Crippen molar-refractivity contribution in [2.75, 3.05) is 20.3 Å². The molecule has 0 bridgehead atoms. The highest BCUT2D eigenvalue weighted by Gasteiger charge is 2.23. The first kappa shape index (κ1) is 20.4. The van der Waals surface area contributed by atoms with Gasteiger partial charge in [0, 0.05) is 19.9 Å². The third-order valence-electron chi connectivity index (χ3n) is 3.70. The van der Waals surface area contributed by atoms with E-state index in [0.717, 1.165) is 16.9 Å². The van der Waals surface area contributed by atoms with Gasteiger partial charge in [-0.15, -0.1) is 0 Å². The molecule has 24 heavy (non-hydrogen) atoms. The van der Waals surface area contributed by atoms with Crippen LogP contribution < -0.4 is 28.5 Å². The van der Waals surface area contributed by atoms with Crippen LogP contribution in [0.15, 0.2) is 18.2 Å². The second-order valence-corrected chi connectivity index (χ2v) is 5.11. The van der Waals surface area contributed by atoms with Crippen LogP contribution in [-0.4, -0.2) is 41.9 Å². The average Bonchev–Trinajstić information content (AvgIpc) is 2.79. The summed E-state index contributed by atoms with van der Waals surface area (Å²) in [5, 5.41) is 9.27. The standard InChI is InChI=1S/C16H21N2O5.HI/c1-11-17(6-8-19)14-5-4-13(16(21)22-3)10-15(14)18(11)7-9-23-12(2)20;/h4-5,10,19H,6-9H2,1-3H3;1H/q+1;/p-1. The molecule has 1 aromatic heterocycles. The number of halogens is 1. The summed E-state index contributed by atoms with van der Waals surface area (Å²) in [5.74, 6) is 0.159. The lowest BCUT2D eigenvalue weighted by Gasteiger charge is -2.02. The number of ether oxygens (including phenoxy) is 2. The fraction of sp³-hybridized carbons (Fsp3) is 0.438. The molecule has 0 spiro atoms. The minimum absolute atomic E-state index is 0. The van der Waals surface area contributed by atoms with Crippen molar-refractivity contribution in [2.45, 2.75) is 26.9 Å². The van der Waals surface area contributed by atoms with Crippen LogP contribution in [0.5, 0.6) is 0 Å². The first-order valence-electron chi connectivity index (χ1n) is 7.34. The Kier molecular flexibility index (Phi) is 7.61. The van der Waals surface area contributed by atoms with Crippen molar-refractivity contribution in [1.29, 1.82) is 0 Å². The largest absolute Gasteiger partial charge is 1.00 e. The highest BCUT2D eigenvalue weighted by molar-refractivity contribution is 5.93. The van der Waals surface area contributed by atoms with Gasteiger partial charge in [-0.2, -0.15) is 0 Å². The van der Waals surface area contributed by atoms with Gasteiger partial charge < -0.3 is 38.6 Å². The van der Waals surface area contributed by atoms with Gasteiger partial charge in [0.05, 0.1) is 19.3 Å². The normalized spacial score (nSPS) is 10.3. The van der Waals surface area contributed by atoms with Crippen molar-refractivity contribution < 1.29 is 52.7 Å². The number of methoxy groups -OCH3 is 1. The Morgan fingerprint density at radius 2 is 2.04 bits per heavy atom. The zero-order valence-electron chi connectivity index (χ0n) is 13.9. The van der Waals surface area contributed by atoms with E-state index in [9.17, 15) is 14.7 Å². The molecule has 0 aliphatic carbocycles. The maximum Gasteiger partial charge on any atom is 0.338 e. The molecule has 7 nitrogen and oxygen atoms in total. The van der Waals surface area contributed by atoms with Crippen molar-refractivity contribution in [1.82, 2.24) is 4.57 Å². The topological polar surface area (TPSA) is 81.6 Å². The lowest BCUT2D eigenvalue weighted by Crippen LogP contribution is -3.00. The van der Waals surface area contributed by atoms with Crippen LogP contribution in [0.4, 0.5) is 0 Å². The third-order valence-corrected chi connectivity index (χ3v) is 3.70. The van der Waals surface area contributed by atoms with Crippen molar-refractivity contribution in [3.05, 3.63) is 29.6 Å². The number of fused-ring (bicyclic) bond motifs is 1. The van der Waals surface area contributed by atoms with E-state index in [1.807, 2.05) is 22.1 Å². The Morgan fingerprint density at radius 3 is 2.62 bits per heavy atom. The molecule has 132 valence electrons. The number of rotatable bonds is 6. The molecule has 8 heteroatoms. The highest BCUT2D eigenvalue weighted by atomic mass is 127. The molecule has 0 saturated heterocycles. The number of aromatic nitrogens is 2. The molecule has 0 fully saturated rings. The lowest BCUT2D eigenvalue weighted by atomic mass is 10.2. The number of aliphatic hydroxyl groups excluding tert-OH is 1. The number of benzene rings is 1. The summed E-state index contributed by atoms with van der Waals surface area (Å²) in [6, 6.07) is 5.26. The molecule has 0 amide bonds. The number of carbonyl (C=O) groups excluding carboxylic acids is 2. The summed E-state index contributed by atoms with van der Waals surface area (Å²) in [4.78, 5) is 22.7. The van der Waals surface area contributed by atoms with Crippen LogP contribution in [0.1, 0.15) is 23.1 Å². The van der Waals surface area contributed by atoms with Gasteiger partial charge in [0.1, 0.15) is 19.7 Å². The molecule has 0 unspecified atom stereocenters. The van der Waals surface area contributed by atoms with E-state index >= 15 is 0 Å². The summed E-state index contributed by atoms with van der Waals surface area (Å²) in [5.41, 5.74) is 2.17. The van der Waals surface area contributed by atoms with E-state index in [0.29, 0.717) is 18.7 Å². The molecule has 2 rings (SSSR count). The number of imidazole rings is 1. The van der Waals surface area contributed by atoms with Crippen molar-refractivity contribution in [3.63, 3.8) is 0 Å². The highest BCUT2D eigenvalue weighted by Crippen LogP contribution is 2.17. The van der Waals surface area contributed by atoms with Gasteiger partial charge in [0.25, 0.3) is 5.82 Å². The summed E-state index contributed by atoms with van der Waals surface area (Å²) in [6.07, 6.45) is 0. The third kappa shape index (κ3) is 4.23. The van der Waals surface area contributed by atoms with Crippen LogP contribution in [0.25, 0.3) is 11.0 Å². The molecule has 0 aliphatic rings. The SMILES string of the molecule is COC(=O)c1ccc2c(c1)n(CCOC(C)=O)c(C)[n+]2CCO.[I-]. The second-order valence-electron chi connectivity index (χ2n) is 5.11. The number of hydrogen-bond donors (Lipinski definition) is 1. The molecule has 1 heterocycles. The molecule has 1 aromatic carbocycles. The number of hydrogen-bond acceptors (Lipinski definition) is 5. The van der Waals surface area contributed by atoms with E-state index in [1.165, 1.54) is 14.0 Å².